The van der Waals surface area contributed by atoms with Crippen LogP contribution in [0.4, 0.5) is 0 Å². The van der Waals surface area contributed by atoms with Gasteiger partial charge in [0.2, 0.25) is 10.0 Å². The van der Waals surface area contributed by atoms with Gasteiger partial charge in [0.1, 0.15) is 0 Å². The Labute approximate surface area is 124 Å². The third kappa shape index (κ3) is 3.80. The van der Waals surface area contributed by atoms with E-state index in [1.165, 1.54) is 10.6 Å². The van der Waals surface area contributed by atoms with E-state index in [9.17, 15) is 13.2 Å². The maximum Gasteiger partial charge on any atom is 0.253 e. The maximum atomic E-state index is 12.4. The molecule has 2 rings (SSSR count). The first-order valence-electron chi connectivity index (χ1n) is 6.66. The van der Waals surface area contributed by atoms with E-state index in [4.69, 9.17) is 5.26 Å². The molecule has 6 nitrogen and oxygen atoms in total. The number of benzene rings is 1. The van der Waals surface area contributed by atoms with Crippen LogP contribution in [0.5, 0.6) is 0 Å². The van der Waals surface area contributed by atoms with Crippen molar-refractivity contribution in [1.82, 2.24) is 9.21 Å². The van der Waals surface area contributed by atoms with Crippen LogP contribution >= 0.6 is 0 Å². The predicted molar refractivity (Wildman–Crippen MR) is 78.1 cm³/mol. The minimum Gasteiger partial charge on any atom is -0.337 e. The monoisotopic (exact) mass is 307 g/mol. The van der Waals surface area contributed by atoms with Crippen molar-refractivity contribution in [3.63, 3.8) is 0 Å². The molecule has 1 heterocycles. The van der Waals surface area contributed by atoms with Crippen molar-refractivity contribution in [3.8, 4) is 6.07 Å². The zero-order valence-electron chi connectivity index (χ0n) is 11.8. The first kappa shape index (κ1) is 15.5. The number of nitriles is 1. The van der Waals surface area contributed by atoms with Gasteiger partial charge in [0.25, 0.3) is 5.91 Å². The Morgan fingerprint density at radius 2 is 2.00 bits per heavy atom. The highest BCUT2D eigenvalue weighted by Crippen LogP contribution is 2.12. The Balaban J connectivity index is 2.12. The summed E-state index contributed by atoms with van der Waals surface area (Å²) >= 11 is 0. The number of amides is 1. The van der Waals surface area contributed by atoms with E-state index in [0.717, 1.165) is 0 Å². The van der Waals surface area contributed by atoms with Crippen molar-refractivity contribution in [2.45, 2.75) is 6.42 Å². The molecular weight excluding hydrogens is 290 g/mol. The molecule has 0 radical (unpaired) electrons. The third-order valence-corrected chi connectivity index (χ3v) is 4.75. The normalized spacial score (nSPS) is 17.0. The van der Waals surface area contributed by atoms with Gasteiger partial charge in [-0.05, 0) is 24.6 Å². The lowest BCUT2D eigenvalue weighted by atomic mass is 10.1. The highest BCUT2D eigenvalue weighted by molar-refractivity contribution is 7.88. The number of carbonyl (C=O) groups is 1. The van der Waals surface area contributed by atoms with Gasteiger partial charge in [-0.1, -0.05) is 6.07 Å². The number of sulfonamides is 1. The summed E-state index contributed by atoms with van der Waals surface area (Å²) in [5.74, 6) is -0.164. The summed E-state index contributed by atoms with van der Waals surface area (Å²) in [5, 5.41) is 8.88. The smallest absolute Gasteiger partial charge is 0.253 e. The van der Waals surface area contributed by atoms with Crippen molar-refractivity contribution >= 4 is 15.9 Å². The van der Waals surface area contributed by atoms with E-state index in [2.05, 4.69) is 0 Å². The van der Waals surface area contributed by atoms with Crippen molar-refractivity contribution in [3.05, 3.63) is 35.4 Å². The van der Waals surface area contributed by atoms with Gasteiger partial charge in [-0.2, -0.15) is 5.26 Å². The van der Waals surface area contributed by atoms with Gasteiger partial charge in [-0.25, -0.2) is 12.7 Å². The average molecular weight is 307 g/mol. The molecule has 0 N–H and O–H groups in total. The van der Waals surface area contributed by atoms with Gasteiger partial charge in [-0.3, -0.25) is 4.79 Å². The lowest BCUT2D eigenvalue weighted by molar-refractivity contribution is 0.0764. The highest BCUT2D eigenvalue weighted by Gasteiger charge is 2.24. The van der Waals surface area contributed by atoms with Crippen LogP contribution in [0.2, 0.25) is 0 Å². The minimum absolute atomic E-state index is 0.164. The Morgan fingerprint density at radius 1 is 1.24 bits per heavy atom. The van der Waals surface area contributed by atoms with Crippen molar-refractivity contribution in [1.29, 1.82) is 5.26 Å². The molecule has 1 aromatic rings. The standard InChI is InChI=1S/C14H17N3O3S/c1-21(19,20)17-7-3-6-16(8-9-17)14(18)13-5-2-4-12(10-13)11-15/h2,4-5,10H,3,6-9H2,1H3. The molecule has 21 heavy (non-hydrogen) atoms. The maximum absolute atomic E-state index is 12.4. The van der Waals surface area contributed by atoms with Crippen LogP contribution in [0.15, 0.2) is 24.3 Å². The quantitative estimate of drug-likeness (QED) is 0.804. The van der Waals surface area contributed by atoms with E-state index < -0.39 is 10.0 Å². The molecule has 1 aromatic carbocycles. The molecule has 7 heteroatoms. The Hall–Kier alpha value is -1.91. The Kier molecular flexibility index (Phi) is 4.60. The average Bonchev–Trinajstić information content (AvgIpc) is 2.72. The zero-order valence-corrected chi connectivity index (χ0v) is 12.6. The van der Waals surface area contributed by atoms with Gasteiger partial charge in [0.15, 0.2) is 0 Å². The first-order chi connectivity index (χ1) is 9.91. The summed E-state index contributed by atoms with van der Waals surface area (Å²) in [6, 6.07) is 8.55. The second-order valence-electron chi connectivity index (χ2n) is 5.00. The molecule has 1 aliphatic heterocycles. The van der Waals surface area contributed by atoms with Gasteiger partial charge in [0, 0.05) is 31.7 Å². The number of hydrogen-bond donors (Lipinski definition) is 0. The fourth-order valence-electron chi connectivity index (χ4n) is 2.33. The second-order valence-corrected chi connectivity index (χ2v) is 6.98. The summed E-state index contributed by atoms with van der Waals surface area (Å²) in [4.78, 5) is 14.1. The summed E-state index contributed by atoms with van der Waals surface area (Å²) in [6.07, 6.45) is 1.79. The molecular formula is C14H17N3O3S. The molecule has 0 atom stereocenters. The summed E-state index contributed by atoms with van der Waals surface area (Å²) in [7, 11) is -3.22. The number of hydrogen-bond acceptors (Lipinski definition) is 4. The van der Waals surface area contributed by atoms with Crippen LogP contribution in [0, 0.1) is 11.3 Å². The first-order valence-corrected chi connectivity index (χ1v) is 8.51. The summed E-state index contributed by atoms with van der Waals surface area (Å²) in [6.45, 7) is 1.62. The molecule has 0 aliphatic carbocycles. The Morgan fingerprint density at radius 3 is 2.67 bits per heavy atom. The molecule has 112 valence electrons. The fraction of sp³-hybridized carbons (Fsp3) is 0.429. The highest BCUT2D eigenvalue weighted by atomic mass is 32.2. The molecule has 1 aliphatic rings. The van der Waals surface area contributed by atoms with Crippen LogP contribution in [-0.2, 0) is 10.0 Å². The molecule has 0 aromatic heterocycles. The number of nitrogens with zero attached hydrogens (tertiary/aromatic N) is 3. The largest absolute Gasteiger partial charge is 0.337 e. The minimum atomic E-state index is -3.22. The summed E-state index contributed by atoms with van der Waals surface area (Å²) in [5.41, 5.74) is 0.898. The van der Waals surface area contributed by atoms with E-state index in [1.54, 1.807) is 29.2 Å². The second kappa shape index (κ2) is 6.24. The van der Waals surface area contributed by atoms with Gasteiger partial charge in [-0.15, -0.1) is 0 Å². The molecule has 1 amide bonds. The van der Waals surface area contributed by atoms with Gasteiger partial charge >= 0.3 is 0 Å². The summed E-state index contributed by atoms with van der Waals surface area (Å²) < 4.78 is 24.5. The van der Waals surface area contributed by atoms with E-state index in [-0.39, 0.29) is 5.91 Å². The van der Waals surface area contributed by atoms with Crippen LogP contribution < -0.4 is 0 Å². The molecule has 0 bridgehead atoms. The number of rotatable bonds is 2. The number of carbonyl (C=O) groups excluding carboxylic acids is 1. The van der Waals surface area contributed by atoms with E-state index in [0.29, 0.717) is 43.7 Å². The van der Waals surface area contributed by atoms with Crippen LogP contribution in [0.3, 0.4) is 0 Å². The third-order valence-electron chi connectivity index (χ3n) is 3.45. The lowest BCUT2D eigenvalue weighted by Gasteiger charge is -2.21. The van der Waals surface area contributed by atoms with Crippen LogP contribution in [0.25, 0.3) is 0 Å². The molecule has 0 saturated carbocycles. The fourth-order valence-corrected chi connectivity index (χ4v) is 3.21. The van der Waals surface area contributed by atoms with Crippen molar-refractivity contribution < 1.29 is 13.2 Å². The molecule has 1 saturated heterocycles. The van der Waals surface area contributed by atoms with Crippen LogP contribution in [0.1, 0.15) is 22.3 Å². The van der Waals surface area contributed by atoms with Gasteiger partial charge in [0.05, 0.1) is 17.9 Å². The van der Waals surface area contributed by atoms with E-state index >= 15 is 0 Å². The van der Waals surface area contributed by atoms with Crippen molar-refractivity contribution in [2.24, 2.45) is 0 Å². The predicted octanol–water partition coefficient (Wildman–Crippen LogP) is 0.666. The van der Waals surface area contributed by atoms with Gasteiger partial charge < -0.3 is 4.90 Å². The lowest BCUT2D eigenvalue weighted by Crippen LogP contribution is -2.36. The topological polar surface area (TPSA) is 81.5 Å². The Bertz CT molecular complexity index is 679. The van der Waals surface area contributed by atoms with Crippen LogP contribution in [-0.4, -0.2) is 56.0 Å². The molecule has 0 spiro atoms. The SMILES string of the molecule is CS(=O)(=O)N1CCCN(C(=O)c2cccc(C#N)c2)CC1. The van der Waals surface area contributed by atoms with E-state index in [1.807, 2.05) is 6.07 Å². The molecule has 0 unspecified atom stereocenters. The molecule has 1 fully saturated rings. The van der Waals surface area contributed by atoms with Crippen molar-refractivity contribution in [2.75, 3.05) is 32.4 Å². The zero-order chi connectivity index (χ0) is 15.5.